The van der Waals surface area contributed by atoms with E-state index < -0.39 is 0 Å². The number of furan rings is 1. The third kappa shape index (κ3) is 2.32. The number of H-pyrrole nitrogens is 1. The van der Waals surface area contributed by atoms with Crippen LogP contribution in [0.5, 0.6) is 0 Å². The summed E-state index contributed by atoms with van der Waals surface area (Å²) in [7, 11) is 1.77. The van der Waals surface area contributed by atoms with E-state index in [2.05, 4.69) is 4.98 Å². The van der Waals surface area contributed by atoms with E-state index in [9.17, 15) is 4.79 Å². The van der Waals surface area contributed by atoms with Crippen LogP contribution in [0.2, 0.25) is 0 Å². The molecule has 102 valence electrons. The molecule has 4 nitrogen and oxygen atoms in total. The maximum Gasteiger partial charge on any atom is 0.270 e. The number of hydrogen-bond donors (Lipinski definition) is 1. The van der Waals surface area contributed by atoms with E-state index in [0.717, 1.165) is 22.4 Å². The third-order valence-corrected chi connectivity index (χ3v) is 3.30. The molecule has 0 fully saturated rings. The lowest BCUT2D eigenvalue weighted by atomic mass is 10.2. The lowest BCUT2D eigenvalue weighted by Crippen LogP contribution is -2.26. The molecule has 2 heterocycles. The molecule has 1 aromatic carbocycles. The molecule has 3 rings (SSSR count). The smallest absolute Gasteiger partial charge is 0.270 e. The van der Waals surface area contributed by atoms with Gasteiger partial charge in [0.25, 0.3) is 5.91 Å². The maximum atomic E-state index is 12.4. The highest BCUT2D eigenvalue weighted by Crippen LogP contribution is 2.17. The molecule has 0 atom stereocenters. The summed E-state index contributed by atoms with van der Waals surface area (Å²) in [5.74, 6) is 1.59. The van der Waals surface area contributed by atoms with Crippen molar-refractivity contribution in [3.63, 3.8) is 0 Å². The molecule has 1 N–H and O–H groups in total. The number of nitrogens with one attached hydrogen (secondary N) is 1. The van der Waals surface area contributed by atoms with Gasteiger partial charge < -0.3 is 14.3 Å². The Hall–Kier alpha value is -2.49. The lowest BCUT2D eigenvalue weighted by molar-refractivity contribution is 0.0770. The SMILES string of the molecule is Cc1ccc(CN(C)C(=O)c2cc3ccccc3[nH]2)o1. The highest BCUT2D eigenvalue weighted by atomic mass is 16.3. The first kappa shape index (κ1) is 12.5. The van der Waals surface area contributed by atoms with E-state index in [1.807, 2.05) is 49.4 Å². The molecular weight excluding hydrogens is 252 g/mol. The Morgan fingerprint density at radius 2 is 2.05 bits per heavy atom. The number of aryl methyl sites for hydroxylation is 1. The van der Waals surface area contributed by atoms with Gasteiger partial charge in [-0.2, -0.15) is 0 Å². The van der Waals surface area contributed by atoms with Gasteiger partial charge in [-0.25, -0.2) is 0 Å². The number of carbonyl (C=O) groups excluding carboxylic acids is 1. The van der Waals surface area contributed by atoms with Gasteiger partial charge in [0.15, 0.2) is 0 Å². The Labute approximate surface area is 117 Å². The number of para-hydroxylation sites is 1. The maximum absolute atomic E-state index is 12.4. The average Bonchev–Trinajstić information content (AvgIpc) is 3.03. The molecule has 0 bridgehead atoms. The Bertz CT molecular complexity index is 722. The first-order chi connectivity index (χ1) is 9.63. The highest BCUT2D eigenvalue weighted by molar-refractivity contribution is 5.97. The second-order valence-corrected chi connectivity index (χ2v) is 4.94. The van der Waals surface area contributed by atoms with E-state index >= 15 is 0 Å². The molecule has 0 unspecified atom stereocenters. The summed E-state index contributed by atoms with van der Waals surface area (Å²) >= 11 is 0. The first-order valence-electron chi connectivity index (χ1n) is 6.52. The Kier molecular flexibility index (Phi) is 3.06. The van der Waals surface area contributed by atoms with Crippen LogP contribution in [0.15, 0.2) is 46.9 Å². The molecule has 0 saturated carbocycles. The zero-order chi connectivity index (χ0) is 14.1. The molecule has 20 heavy (non-hydrogen) atoms. The van der Waals surface area contributed by atoms with Gasteiger partial charge in [-0.3, -0.25) is 4.79 Å². The molecule has 0 aliphatic heterocycles. The Morgan fingerprint density at radius 3 is 2.75 bits per heavy atom. The fourth-order valence-corrected chi connectivity index (χ4v) is 2.27. The molecule has 0 aliphatic carbocycles. The van der Waals surface area contributed by atoms with Gasteiger partial charge >= 0.3 is 0 Å². The number of aromatic nitrogens is 1. The summed E-state index contributed by atoms with van der Waals surface area (Å²) in [6.07, 6.45) is 0. The van der Waals surface area contributed by atoms with E-state index in [1.54, 1.807) is 11.9 Å². The van der Waals surface area contributed by atoms with Gasteiger partial charge in [-0.05, 0) is 31.2 Å². The van der Waals surface area contributed by atoms with Crippen molar-refractivity contribution in [2.24, 2.45) is 0 Å². The van der Waals surface area contributed by atoms with Gasteiger partial charge in [0.2, 0.25) is 0 Å². The van der Waals surface area contributed by atoms with Crippen LogP contribution in [0.4, 0.5) is 0 Å². The highest BCUT2D eigenvalue weighted by Gasteiger charge is 2.15. The molecule has 3 aromatic rings. The number of fused-ring (bicyclic) bond motifs is 1. The van der Waals surface area contributed by atoms with Crippen molar-refractivity contribution in [3.05, 3.63) is 59.7 Å². The minimum Gasteiger partial charge on any atom is -0.464 e. The number of benzene rings is 1. The van der Waals surface area contributed by atoms with E-state index in [0.29, 0.717) is 12.2 Å². The van der Waals surface area contributed by atoms with Crippen molar-refractivity contribution >= 4 is 16.8 Å². The lowest BCUT2D eigenvalue weighted by Gasteiger charge is -2.14. The Balaban J connectivity index is 1.80. The molecular formula is C16H16N2O2. The van der Waals surface area contributed by atoms with Crippen LogP contribution in [0.3, 0.4) is 0 Å². The molecule has 0 radical (unpaired) electrons. The van der Waals surface area contributed by atoms with E-state index in [-0.39, 0.29) is 5.91 Å². The van der Waals surface area contributed by atoms with Crippen LogP contribution in [0, 0.1) is 6.92 Å². The first-order valence-corrected chi connectivity index (χ1v) is 6.52. The largest absolute Gasteiger partial charge is 0.464 e. The number of aromatic amines is 1. The minimum atomic E-state index is -0.0461. The molecule has 2 aromatic heterocycles. The second kappa shape index (κ2) is 4.89. The van der Waals surface area contributed by atoms with Crippen molar-refractivity contribution < 1.29 is 9.21 Å². The van der Waals surface area contributed by atoms with E-state index in [1.165, 1.54) is 0 Å². The van der Waals surface area contributed by atoms with Crippen LogP contribution in [-0.2, 0) is 6.54 Å². The van der Waals surface area contributed by atoms with E-state index in [4.69, 9.17) is 4.42 Å². The number of hydrogen-bond acceptors (Lipinski definition) is 2. The van der Waals surface area contributed by atoms with Crippen molar-refractivity contribution in [2.75, 3.05) is 7.05 Å². The minimum absolute atomic E-state index is 0.0461. The van der Waals surface area contributed by atoms with Crippen molar-refractivity contribution in [1.29, 1.82) is 0 Å². The van der Waals surface area contributed by atoms with Gasteiger partial charge in [0, 0.05) is 18.0 Å². The van der Waals surface area contributed by atoms with Crippen LogP contribution < -0.4 is 0 Å². The number of carbonyl (C=O) groups is 1. The normalized spacial score (nSPS) is 10.9. The Morgan fingerprint density at radius 1 is 1.25 bits per heavy atom. The number of rotatable bonds is 3. The summed E-state index contributed by atoms with van der Waals surface area (Å²) in [5, 5.41) is 1.04. The van der Waals surface area contributed by atoms with Gasteiger partial charge in [-0.1, -0.05) is 18.2 Å². The monoisotopic (exact) mass is 268 g/mol. The van der Waals surface area contributed by atoms with Gasteiger partial charge in [0.05, 0.1) is 6.54 Å². The van der Waals surface area contributed by atoms with Crippen LogP contribution in [0.1, 0.15) is 22.0 Å². The van der Waals surface area contributed by atoms with Gasteiger partial charge in [0.1, 0.15) is 17.2 Å². The number of amides is 1. The second-order valence-electron chi connectivity index (χ2n) is 4.94. The zero-order valence-corrected chi connectivity index (χ0v) is 11.5. The predicted octanol–water partition coefficient (Wildman–Crippen LogP) is 3.34. The average molecular weight is 268 g/mol. The summed E-state index contributed by atoms with van der Waals surface area (Å²) in [4.78, 5) is 17.2. The van der Waals surface area contributed by atoms with Crippen LogP contribution in [-0.4, -0.2) is 22.8 Å². The third-order valence-electron chi connectivity index (χ3n) is 3.30. The molecule has 0 aliphatic rings. The number of nitrogens with zero attached hydrogens (tertiary/aromatic N) is 1. The standard InChI is InChI=1S/C16H16N2O2/c1-11-7-8-13(20-11)10-18(2)16(19)15-9-12-5-3-4-6-14(12)17-15/h3-9,17H,10H2,1-2H3. The topological polar surface area (TPSA) is 49.2 Å². The van der Waals surface area contributed by atoms with Crippen molar-refractivity contribution in [3.8, 4) is 0 Å². The summed E-state index contributed by atoms with van der Waals surface area (Å²) in [6, 6.07) is 13.5. The predicted molar refractivity (Wildman–Crippen MR) is 77.5 cm³/mol. The van der Waals surface area contributed by atoms with Crippen LogP contribution in [0.25, 0.3) is 10.9 Å². The van der Waals surface area contributed by atoms with Crippen molar-refractivity contribution in [2.45, 2.75) is 13.5 Å². The quantitative estimate of drug-likeness (QED) is 0.792. The zero-order valence-electron chi connectivity index (χ0n) is 11.5. The molecule has 0 spiro atoms. The summed E-state index contributed by atoms with van der Waals surface area (Å²) in [6.45, 7) is 2.35. The fraction of sp³-hybridized carbons (Fsp3) is 0.188. The van der Waals surface area contributed by atoms with Gasteiger partial charge in [-0.15, -0.1) is 0 Å². The summed E-state index contributed by atoms with van der Waals surface area (Å²) < 4.78 is 5.50. The molecule has 1 amide bonds. The molecule has 4 heteroatoms. The van der Waals surface area contributed by atoms with Crippen molar-refractivity contribution in [1.82, 2.24) is 9.88 Å². The summed E-state index contributed by atoms with van der Waals surface area (Å²) in [5.41, 5.74) is 1.56. The fourth-order valence-electron chi connectivity index (χ4n) is 2.27. The molecule has 0 saturated heterocycles. The van der Waals surface area contributed by atoms with Crippen LogP contribution >= 0.6 is 0 Å².